The van der Waals surface area contributed by atoms with Gasteiger partial charge in [0.05, 0.1) is 6.42 Å². The zero-order chi connectivity index (χ0) is 9.42. The summed E-state index contributed by atoms with van der Waals surface area (Å²) in [4.78, 5) is 13.0. The Balaban J connectivity index is 2.47. The molecule has 3 heteroatoms. The van der Waals surface area contributed by atoms with Crippen LogP contribution in [0.1, 0.15) is 11.1 Å². The maximum absolute atomic E-state index is 11.3. The molecule has 0 unspecified atom stereocenters. The largest absolute Gasteiger partial charge is 0.326 e. The minimum absolute atomic E-state index is 0.157. The van der Waals surface area contributed by atoms with Crippen molar-refractivity contribution in [3.05, 3.63) is 29.3 Å². The third-order valence-corrected chi connectivity index (χ3v) is 2.46. The minimum Gasteiger partial charge on any atom is -0.326 e. The van der Waals surface area contributed by atoms with Crippen LogP contribution < -0.4 is 10.6 Å². The first-order chi connectivity index (χ1) is 6.22. The van der Waals surface area contributed by atoms with Crippen LogP contribution in [-0.4, -0.2) is 13.0 Å². The Morgan fingerprint density at radius 3 is 3.00 bits per heavy atom. The normalized spacial score (nSPS) is 14.9. The summed E-state index contributed by atoms with van der Waals surface area (Å²) in [6.07, 6.45) is 0.524. The van der Waals surface area contributed by atoms with Crippen molar-refractivity contribution in [3.63, 3.8) is 0 Å². The van der Waals surface area contributed by atoms with E-state index < -0.39 is 0 Å². The summed E-state index contributed by atoms with van der Waals surface area (Å²) in [7, 11) is 1.80. The lowest BCUT2D eigenvalue weighted by Crippen LogP contribution is -2.20. The number of carbonyl (C=O) groups is 1. The number of nitrogens with zero attached hydrogens (tertiary/aromatic N) is 1. The van der Waals surface area contributed by atoms with Crippen molar-refractivity contribution in [2.45, 2.75) is 13.0 Å². The van der Waals surface area contributed by atoms with Gasteiger partial charge in [-0.05, 0) is 17.2 Å². The SMILES string of the molecule is CN1C(=O)Cc2ccc(CN)cc21. The first-order valence-electron chi connectivity index (χ1n) is 4.31. The average Bonchev–Trinajstić information content (AvgIpc) is 2.43. The van der Waals surface area contributed by atoms with E-state index in [1.165, 1.54) is 0 Å². The molecule has 1 aliphatic rings. The van der Waals surface area contributed by atoms with E-state index >= 15 is 0 Å². The van der Waals surface area contributed by atoms with E-state index in [0.29, 0.717) is 13.0 Å². The summed E-state index contributed by atoms with van der Waals surface area (Å²) in [5.74, 6) is 0.157. The Hall–Kier alpha value is -1.35. The topological polar surface area (TPSA) is 46.3 Å². The van der Waals surface area contributed by atoms with Gasteiger partial charge in [-0.15, -0.1) is 0 Å². The van der Waals surface area contributed by atoms with Gasteiger partial charge in [-0.25, -0.2) is 0 Å². The number of hydrogen-bond donors (Lipinski definition) is 1. The number of fused-ring (bicyclic) bond motifs is 1. The van der Waals surface area contributed by atoms with Crippen molar-refractivity contribution in [2.75, 3.05) is 11.9 Å². The molecular weight excluding hydrogens is 164 g/mol. The van der Waals surface area contributed by atoms with Crippen molar-refractivity contribution in [1.82, 2.24) is 0 Å². The molecule has 0 saturated heterocycles. The van der Waals surface area contributed by atoms with Gasteiger partial charge in [-0.1, -0.05) is 12.1 Å². The van der Waals surface area contributed by atoms with Crippen molar-refractivity contribution in [3.8, 4) is 0 Å². The van der Waals surface area contributed by atoms with E-state index in [1.807, 2.05) is 18.2 Å². The van der Waals surface area contributed by atoms with E-state index in [1.54, 1.807) is 11.9 Å². The molecule has 0 spiro atoms. The molecule has 3 nitrogen and oxygen atoms in total. The smallest absolute Gasteiger partial charge is 0.231 e. The van der Waals surface area contributed by atoms with Crippen LogP contribution in [0, 0.1) is 0 Å². The van der Waals surface area contributed by atoms with E-state index in [2.05, 4.69) is 0 Å². The van der Waals surface area contributed by atoms with E-state index in [-0.39, 0.29) is 5.91 Å². The highest BCUT2D eigenvalue weighted by atomic mass is 16.2. The summed E-state index contributed by atoms with van der Waals surface area (Å²) < 4.78 is 0. The summed E-state index contributed by atoms with van der Waals surface area (Å²) in [5.41, 5.74) is 8.70. The Kier molecular flexibility index (Phi) is 1.81. The van der Waals surface area contributed by atoms with Gasteiger partial charge in [0.25, 0.3) is 0 Å². The van der Waals surface area contributed by atoms with Crippen molar-refractivity contribution in [1.29, 1.82) is 0 Å². The van der Waals surface area contributed by atoms with Gasteiger partial charge >= 0.3 is 0 Å². The van der Waals surface area contributed by atoms with Gasteiger partial charge < -0.3 is 10.6 Å². The first-order valence-corrected chi connectivity index (χ1v) is 4.31. The van der Waals surface area contributed by atoms with Gasteiger partial charge in [-0.3, -0.25) is 4.79 Å². The predicted octanol–water partition coefficient (Wildman–Crippen LogP) is 0.664. The summed E-state index contributed by atoms with van der Waals surface area (Å²) in [5, 5.41) is 0. The molecule has 0 aromatic heterocycles. The van der Waals surface area contributed by atoms with Gasteiger partial charge in [0.15, 0.2) is 0 Å². The lowest BCUT2D eigenvalue weighted by Gasteiger charge is -2.10. The molecule has 2 rings (SSSR count). The van der Waals surface area contributed by atoms with Crippen LogP contribution in [0.2, 0.25) is 0 Å². The van der Waals surface area contributed by atoms with Crippen LogP contribution in [-0.2, 0) is 17.8 Å². The Bertz CT molecular complexity index is 360. The predicted molar refractivity (Wildman–Crippen MR) is 51.4 cm³/mol. The van der Waals surface area contributed by atoms with E-state index in [4.69, 9.17) is 5.73 Å². The fourth-order valence-electron chi connectivity index (χ4n) is 1.61. The second-order valence-corrected chi connectivity index (χ2v) is 3.30. The van der Waals surface area contributed by atoms with Gasteiger partial charge in [-0.2, -0.15) is 0 Å². The molecule has 68 valence electrons. The maximum atomic E-state index is 11.3. The van der Waals surface area contributed by atoms with Gasteiger partial charge in [0, 0.05) is 19.3 Å². The Morgan fingerprint density at radius 1 is 1.54 bits per heavy atom. The fourth-order valence-corrected chi connectivity index (χ4v) is 1.61. The van der Waals surface area contributed by atoms with Crippen LogP contribution in [0.3, 0.4) is 0 Å². The molecule has 1 heterocycles. The number of hydrogen-bond acceptors (Lipinski definition) is 2. The standard InChI is InChI=1S/C10H12N2O/c1-12-9-4-7(6-11)2-3-8(9)5-10(12)13/h2-4H,5-6,11H2,1H3. The van der Waals surface area contributed by atoms with Crippen molar-refractivity contribution < 1.29 is 4.79 Å². The number of amides is 1. The monoisotopic (exact) mass is 176 g/mol. The number of carbonyl (C=O) groups excluding carboxylic acids is 1. The van der Waals surface area contributed by atoms with Crippen LogP contribution in [0.5, 0.6) is 0 Å². The zero-order valence-electron chi connectivity index (χ0n) is 7.58. The second-order valence-electron chi connectivity index (χ2n) is 3.30. The Morgan fingerprint density at radius 2 is 2.31 bits per heavy atom. The Labute approximate surface area is 77.1 Å². The molecule has 0 fully saturated rings. The number of nitrogens with two attached hydrogens (primary N) is 1. The van der Waals surface area contributed by atoms with Crippen molar-refractivity contribution >= 4 is 11.6 Å². The third-order valence-electron chi connectivity index (χ3n) is 2.46. The minimum atomic E-state index is 0.157. The third kappa shape index (κ3) is 1.21. The summed E-state index contributed by atoms with van der Waals surface area (Å²) in [6.45, 7) is 0.523. The van der Waals surface area contributed by atoms with Crippen LogP contribution in [0.4, 0.5) is 5.69 Å². The molecule has 0 bridgehead atoms. The first kappa shape index (κ1) is 8.26. The molecule has 1 amide bonds. The highest BCUT2D eigenvalue weighted by Crippen LogP contribution is 2.28. The van der Waals surface area contributed by atoms with Gasteiger partial charge in [0.2, 0.25) is 5.91 Å². The molecule has 2 N–H and O–H groups in total. The number of rotatable bonds is 1. The van der Waals surface area contributed by atoms with Crippen molar-refractivity contribution in [2.24, 2.45) is 5.73 Å². The molecule has 0 saturated carbocycles. The fraction of sp³-hybridized carbons (Fsp3) is 0.300. The van der Waals surface area contributed by atoms with Crippen LogP contribution >= 0.6 is 0 Å². The molecule has 1 aromatic rings. The second kappa shape index (κ2) is 2.85. The average molecular weight is 176 g/mol. The van der Waals surface area contributed by atoms with Crippen LogP contribution in [0.25, 0.3) is 0 Å². The summed E-state index contributed by atoms with van der Waals surface area (Å²) >= 11 is 0. The molecule has 1 aliphatic heterocycles. The molecule has 0 atom stereocenters. The molecular formula is C10H12N2O. The molecule has 0 aliphatic carbocycles. The van der Waals surface area contributed by atoms with E-state index in [0.717, 1.165) is 16.8 Å². The highest BCUT2D eigenvalue weighted by molar-refractivity contribution is 6.00. The van der Waals surface area contributed by atoms with E-state index in [9.17, 15) is 4.79 Å². The summed E-state index contributed by atoms with van der Waals surface area (Å²) in [6, 6.07) is 5.95. The van der Waals surface area contributed by atoms with Gasteiger partial charge in [0.1, 0.15) is 0 Å². The quantitative estimate of drug-likeness (QED) is 0.683. The lowest BCUT2D eigenvalue weighted by atomic mass is 10.1. The number of likely N-dealkylation sites (N-methyl/N-ethyl adjacent to an activating group) is 1. The number of benzene rings is 1. The number of anilines is 1. The molecule has 1 aromatic carbocycles. The van der Waals surface area contributed by atoms with Crippen LogP contribution in [0.15, 0.2) is 18.2 Å². The zero-order valence-corrected chi connectivity index (χ0v) is 7.58. The molecule has 13 heavy (non-hydrogen) atoms. The highest BCUT2D eigenvalue weighted by Gasteiger charge is 2.23. The maximum Gasteiger partial charge on any atom is 0.231 e. The molecule has 0 radical (unpaired) electrons. The lowest BCUT2D eigenvalue weighted by molar-refractivity contribution is -0.117.